The maximum atomic E-state index is 9.31. The summed E-state index contributed by atoms with van der Waals surface area (Å²) in [5.74, 6) is 0. The normalized spacial score (nSPS) is 15.1. The van der Waals surface area contributed by atoms with Crippen molar-refractivity contribution < 1.29 is 5.11 Å². The Kier molecular flexibility index (Phi) is 4.04. The second-order valence-corrected chi connectivity index (χ2v) is 4.89. The molecule has 0 bridgehead atoms. The van der Waals surface area contributed by atoms with Gasteiger partial charge in [0, 0.05) is 5.25 Å². The minimum atomic E-state index is -0.393. The van der Waals surface area contributed by atoms with Gasteiger partial charge in [0.1, 0.15) is 5.03 Å². The van der Waals surface area contributed by atoms with Crippen LogP contribution >= 0.6 is 23.4 Å². The van der Waals surface area contributed by atoms with Crippen molar-refractivity contribution in [1.29, 1.82) is 0 Å². The number of hydrogen-bond donors (Lipinski definition) is 2. The highest BCUT2D eigenvalue weighted by Gasteiger charge is 2.13. The van der Waals surface area contributed by atoms with Gasteiger partial charge in [-0.05, 0) is 13.0 Å². The second kappa shape index (κ2) is 4.87. The number of nitrogens with zero attached hydrogens (tertiary/aromatic N) is 1. The van der Waals surface area contributed by atoms with Crippen LogP contribution in [0.25, 0.3) is 0 Å². The molecule has 1 heterocycles. The zero-order valence-electron chi connectivity index (χ0n) is 8.07. The predicted octanol–water partition coefficient (Wildman–Crippen LogP) is 2.18. The molecule has 3 N–H and O–H groups in total. The van der Waals surface area contributed by atoms with Crippen molar-refractivity contribution >= 4 is 29.1 Å². The highest BCUT2D eigenvalue weighted by Crippen LogP contribution is 2.30. The molecule has 0 aliphatic heterocycles. The number of pyridine rings is 1. The third kappa shape index (κ3) is 3.04. The fourth-order valence-electron chi connectivity index (χ4n) is 0.801. The van der Waals surface area contributed by atoms with E-state index in [0.29, 0.717) is 15.7 Å². The Labute approximate surface area is 92.7 Å². The molecule has 0 aliphatic rings. The molecule has 1 rings (SSSR count). The monoisotopic (exact) mass is 232 g/mol. The number of aliphatic hydroxyl groups is 1. The largest absolute Gasteiger partial charge is 0.397 e. The molecular formula is C9H13ClN2OS. The Morgan fingerprint density at radius 3 is 2.71 bits per heavy atom. The maximum Gasteiger partial charge on any atom is 0.115 e. The van der Waals surface area contributed by atoms with Crippen LogP contribution in [0.5, 0.6) is 0 Å². The van der Waals surface area contributed by atoms with Crippen molar-refractivity contribution in [2.45, 2.75) is 30.2 Å². The van der Waals surface area contributed by atoms with Gasteiger partial charge in [0.05, 0.1) is 23.0 Å². The number of hydrogen-bond acceptors (Lipinski definition) is 4. The van der Waals surface area contributed by atoms with Gasteiger partial charge in [-0.15, -0.1) is 0 Å². The first-order chi connectivity index (χ1) is 6.50. The van der Waals surface area contributed by atoms with Gasteiger partial charge in [0.25, 0.3) is 0 Å². The third-order valence-electron chi connectivity index (χ3n) is 1.81. The van der Waals surface area contributed by atoms with Crippen LogP contribution in [0, 0.1) is 0 Å². The third-order valence-corrected chi connectivity index (χ3v) is 3.52. The molecule has 0 aromatic carbocycles. The Balaban J connectivity index is 2.77. The maximum absolute atomic E-state index is 9.31. The molecule has 0 fully saturated rings. The van der Waals surface area contributed by atoms with Crippen molar-refractivity contribution in [3.8, 4) is 0 Å². The minimum absolute atomic E-state index is 0.0589. The van der Waals surface area contributed by atoms with Crippen LogP contribution in [0.1, 0.15) is 13.8 Å². The Morgan fingerprint density at radius 2 is 2.21 bits per heavy atom. The Hall–Kier alpha value is -0.450. The van der Waals surface area contributed by atoms with Crippen molar-refractivity contribution in [2.75, 3.05) is 5.73 Å². The number of aromatic nitrogens is 1. The quantitative estimate of drug-likeness (QED) is 0.785. The topological polar surface area (TPSA) is 59.1 Å². The molecule has 0 amide bonds. The summed E-state index contributed by atoms with van der Waals surface area (Å²) in [4.78, 5) is 4.10. The van der Waals surface area contributed by atoms with E-state index in [1.807, 2.05) is 6.92 Å². The molecule has 14 heavy (non-hydrogen) atoms. The van der Waals surface area contributed by atoms with Crippen molar-refractivity contribution in [2.24, 2.45) is 0 Å². The molecule has 78 valence electrons. The lowest BCUT2D eigenvalue weighted by molar-refractivity contribution is 0.196. The molecule has 3 nitrogen and oxygen atoms in total. The number of nitrogen functional groups attached to an aromatic ring is 1. The van der Waals surface area contributed by atoms with Gasteiger partial charge in [-0.25, -0.2) is 4.98 Å². The first-order valence-corrected chi connectivity index (χ1v) is 5.52. The van der Waals surface area contributed by atoms with E-state index in [4.69, 9.17) is 17.3 Å². The lowest BCUT2D eigenvalue weighted by Crippen LogP contribution is -2.15. The lowest BCUT2D eigenvalue weighted by atomic mass is 10.3. The van der Waals surface area contributed by atoms with Gasteiger partial charge in [-0.2, -0.15) is 0 Å². The number of rotatable bonds is 3. The number of anilines is 1. The number of aliphatic hydroxyl groups excluding tert-OH is 1. The lowest BCUT2D eigenvalue weighted by Gasteiger charge is -2.13. The van der Waals surface area contributed by atoms with Crippen LogP contribution < -0.4 is 5.73 Å². The summed E-state index contributed by atoms with van der Waals surface area (Å²) < 4.78 is 0. The van der Waals surface area contributed by atoms with E-state index in [9.17, 15) is 5.11 Å². The second-order valence-electron chi connectivity index (χ2n) is 3.12. The fourth-order valence-corrected chi connectivity index (χ4v) is 1.94. The standard InChI is InChI=1S/C9H13ClN2OS/c1-5(13)6(2)14-9-8(10)3-7(11)4-12-9/h3-6,13H,11H2,1-2H3. The molecule has 0 saturated heterocycles. The van der Waals surface area contributed by atoms with Crippen LogP contribution in [-0.2, 0) is 0 Å². The van der Waals surface area contributed by atoms with E-state index < -0.39 is 6.10 Å². The highest BCUT2D eigenvalue weighted by molar-refractivity contribution is 8.00. The first kappa shape index (κ1) is 11.6. The van der Waals surface area contributed by atoms with Crippen LogP contribution in [0.2, 0.25) is 5.02 Å². The minimum Gasteiger partial charge on any atom is -0.397 e. The van der Waals surface area contributed by atoms with E-state index >= 15 is 0 Å². The summed E-state index contributed by atoms with van der Waals surface area (Å²) in [7, 11) is 0. The molecule has 2 unspecified atom stereocenters. The average molecular weight is 233 g/mol. The van der Waals surface area contributed by atoms with E-state index in [1.165, 1.54) is 11.8 Å². The Bertz CT molecular complexity index is 320. The molecule has 0 spiro atoms. The van der Waals surface area contributed by atoms with E-state index in [-0.39, 0.29) is 5.25 Å². The molecule has 0 aliphatic carbocycles. The van der Waals surface area contributed by atoms with Crippen molar-refractivity contribution in [3.63, 3.8) is 0 Å². The van der Waals surface area contributed by atoms with Crippen LogP contribution in [-0.4, -0.2) is 21.4 Å². The molecule has 1 aromatic heterocycles. The van der Waals surface area contributed by atoms with Crippen LogP contribution in [0.15, 0.2) is 17.3 Å². The molecule has 2 atom stereocenters. The SMILES string of the molecule is CC(O)C(C)Sc1ncc(N)cc1Cl. The van der Waals surface area contributed by atoms with Gasteiger partial charge < -0.3 is 10.8 Å². The summed E-state index contributed by atoms with van der Waals surface area (Å²) in [5.41, 5.74) is 6.06. The fraction of sp³-hybridized carbons (Fsp3) is 0.444. The summed E-state index contributed by atoms with van der Waals surface area (Å²) in [6, 6.07) is 1.66. The number of thioether (sulfide) groups is 1. The number of halogens is 1. The molecular weight excluding hydrogens is 220 g/mol. The van der Waals surface area contributed by atoms with Gasteiger partial charge in [0.15, 0.2) is 0 Å². The summed E-state index contributed by atoms with van der Waals surface area (Å²) in [5, 5.41) is 10.6. The highest BCUT2D eigenvalue weighted by atomic mass is 35.5. The summed E-state index contributed by atoms with van der Waals surface area (Å²) in [6.07, 6.45) is 1.17. The van der Waals surface area contributed by atoms with E-state index in [0.717, 1.165) is 0 Å². The first-order valence-electron chi connectivity index (χ1n) is 4.26. The molecule has 0 saturated carbocycles. The molecule has 5 heteroatoms. The Morgan fingerprint density at radius 1 is 1.57 bits per heavy atom. The van der Waals surface area contributed by atoms with Crippen molar-refractivity contribution in [1.82, 2.24) is 4.98 Å². The van der Waals surface area contributed by atoms with Gasteiger partial charge >= 0.3 is 0 Å². The summed E-state index contributed by atoms with van der Waals surface area (Å²) in [6.45, 7) is 3.66. The van der Waals surface area contributed by atoms with Crippen LogP contribution in [0.4, 0.5) is 5.69 Å². The van der Waals surface area contributed by atoms with Gasteiger partial charge in [0.2, 0.25) is 0 Å². The van der Waals surface area contributed by atoms with Crippen molar-refractivity contribution in [3.05, 3.63) is 17.3 Å². The van der Waals surface area contributed by atoms with Gasteiger partial charge in [-0.3, -0.25) is 0 Å². The zero-order chi connectivity index (χ0) is 10.7. The summed E-state index contributed by atoms with van der Waals surface area (Å²) >= 11 is 7.37. The van der Waals surface area contributed by atoms with Crippen LogP contribution in [0.3, 0.4) is 0 Å². The number of nitrogens with two attached hydrogens (primary N) is 1. The van der Waals surface area contributed by atoms with Gasteiger partial charge in [-0.1, -0.05) is 30.3 Å². The average Bonchev–Trinajstić information content (AvgIpc) is 2.09. The zero-order valence-corrected chi connectivity index (χ0v) is 9.64. The van der Waals surface area contributed by atoms with E-state index in [1.54, 1.807) is 19.2 Å². The molecule has 1 aromatic rings. The van der Waals surface area contributed by atoms with E-state index in [2.05, 4.69) is 4.98 Å². The smallest absolute Gasteiger partial charge is 0.115 e. The molecule has 0 radical (unpaired) electrons. The predicted molar refractivity (Wildman–Crippen MR) is 60.7 cm³/mol.